The van der Waals surface area contributed by atoms with Gasteiger partial charge in [0.15, 0.2) is 0 Å². The molecule has 0 fully saturated rings. The Balaban J connectivity index is 1.91. The zero-order valence-electron chi connectivity index (χ0n) is 14.9. The van der Waals surface area contributed by atoms with Crippen LogP contribution in [0.1, 0.15) is 13.8 Å². The molecule has 0 saturated carbocycles. The fourth-order valence-electron chi connectivity index (χ4n) is 3.07. The van der Waals surface area contributed by atoms with Crippen molar-refractivity contribution in [2.75, 3.05) is 6.61 Å². The summed E-state index contributed by atoms with van der Waals surface area (Å²) in [5.41, 5.74) is 4.77. The van der Waals surface area contributed by atoms with Gasteiger partial charge in [-0.1, -0.05) is 30.3 Å². The minimum Gasteiger partial charge on any atom is -0.494 e. The Morgan fingerprint density at radius 1 is 0.962 bits per heavy atom. The van der Waals surface area contributed by atoms with Crippen LogP contribution in [0, 0.1) is 0 Å². The standard InChI is InChI=1S/C21H20N4O/c1-3-25-13-18(20(24-25)15-8-6-5-7-9-15)21-17-11-10-16(26-4-2)12-19(17)22-14-23-21/h5-14H,3-4H2,1-2H3. The van der Waals surface area contributed by atoms with Crippen LogP contribution in [0.15, 0.2) is 61.1 Å². The van der Waals surface area contributed by atoms with Crippen molar-refractivity contribution >= 4 is 10.9 Å². The molecule has 5 heteroatoms. The van der Waals surface area contributed by atoms with Gasteiger partial charge in [0.05, 0.1) is 17.8 Å². The smallest absolute Gasteiger partial charge is 0.121 e. The van der Waals surface area contributed by atoms with Crippen molar-refractivity contribution in [1.29, 1.82) is 0 Å². The lowest BCUT2D eigenvalue weighted by molar-refractivity contribution is 0.340. The van der Waals surface area contributed by atoms with Crippen LogP contribution in [0.2, 0.25) is 0 Å². The molecule has 0 aliphatic carbocycles. The lowest BCUT2D eigenvalue weighted by Gasteiger charge is -2.08. The molecule has 2 aromatic carbocycles. The second kappa shape index (κ2) is 6.96. The van der Waals surface area contributed by atoms with Crippen molar-refractivity contribution in [3.05, 3.63) is 61.1 Å². The third-order valence-electron chi connectivity index (χ3n) is 4.31. The quantitative estimate of drug-likeness (QED) is 0.532. The summed E-state index contributed by atoms with van der Waals surface area (Å²) in [5.74, 6) is 0.817. The minimum atomic E-state index is 0.630. The van der Waals surface area contributed by atoms with Gasteiger partial charge in [0.25, 0.3) is 0 Å². The Hall–Kier alpha value is -3.21. The Bertz CT molecular complexity index is 1040. The van der Waals surface area contributed by atoms with Crippen LogP contribution in [-0.2, 0) is 6.54 Å². The molecule has 4 rings (SSSR count). The van der Waals surface area contributed by atoms with E-state index in [1.54, 1.807) is 6.33 Å². The summed E-state index contributed by atoms with van der Waals surface area (Å²) >= 11 is 0. The average Bonchev–Trinajstić information content (AvgIpc) is 3.12. The first-order valence-electron chi connectivity index (χ1n) is 8.81. The summed E-state index contributed by atoms with van der Waals surface area (Å²) in [6, 6.07) is 16.1. The lowest BCUT2D eigenvalue weighted by atomic mass is 10.0. The summed E-state index contributed by atoms with van der Waals surface area (Å²) in [6.45, 7) is 5.49. The number of aryl methyl sites for hydroxylation is 1. The van der Waals surface area contributed by atoms with E-state index in [-0.39, 0.29) is 0 Å². The molecule has 2 heterocycles. The van der Waals surface area contributed by atoms with Gasteiger partial charge in [-0.15, -0.1) is 0 Å². The second-order valence-corrected chi connectivity index (χ2v) is 5.95. The van der Waals surface area contributed by atoms with Gasteiger partial charge in [0, 0.05) is 35.3 Å². The molecule has 0 saturated heterocycles. The van der Waals surface area contributed by atoms with Crippen molar-refractivity contribution in [2.24, 2.45) is 0 Å². The van der Waals surface area contributed by atoms with E-state index in [0.29, 0.717) is 6.61 Å². The zero-order chi connectivity index (χ0) is 17.9. The molecule has 0 aliphatic heterocycles. The molecule has 0 radical (unpaired) electrons. The highest BCUT2D eigenvalue weighted by molar-refractivity contribution is 5.96. The number of aromatic nitrogens is 4. The molecule has 0 N–H and O–H groups in total. The molecular weight excluding hydrogens is 324 g/mol. The highest BCUT2D eigenvalue weighted by Crippen LogP contribution is 2.34. The number of nitrogens with zero attached hydrogens (tertiary/aromatic N) is 4. The average molecular weight is 344 g/mol. The van der Waals surface area contributed by atoms with Crippen LogP contribution in [0.5, 0.6) is 5.75 Å². The van der Waals surface area contributed by atoms with Gasteiger partial charge >= 0.3 is 0 Å². The third-order valence-corrected chi connectivity index (χ3v) is 4.31. The van der Waals surface area contributed by atoms with Crippen LogP contribution in [0.25, 0.3) is 33.4 Å². The second-order valence-electron chi connectivity index (χ2n) is 5.95. The first-order valence-corrected chi connectivity index (χ1v) is 8.81. The van der Waals surface area contributed by atoms with Crippen molar-refractivity contribution in [2.45, 2.75) is 20.4 Å². The predicted octanol–water partition coefficient (Wildman–Crippen LogP) is 4.58. The molecule has 0 unspecified atom stereocenters. The van der Waals surface area contributed by atoms with Crippen LogP contribution in [0.3, 0.4) is 0 Å². The molecule has 26 heavy (non-hydrogen) atoms. The maximum Gasteiger partial charge on any atom is 0.121 e. The van der Waals surface area contributed by atoms with Crippen molar-refractivity contribution < 1.29 is 4.74 Å². The number of rotatable bonds is 5. The summed E-state index contributed by atoms with van der Waals surface area (Å²) in [5, 5.41) is 5.75. The molecule has 5 nitrogen and oxygen atoms in total. The van der Waals surface area contributed by atoms with E-state index in [1.807, 2.05) is 48.0 Å². The van der Waals surface area contributed by atoms with Crippen LogP contribution in [0.4, 0.5) is 0 Å². The van der Waals surface area contributed by atoms with Crippen molar-refractivity contribution in [3.8, 4) is 28.3 Å². The summed E-state index contributed by atoms with van der Waals surface area (Å²) < 4.78 is 7.54. The zero-order valence-corrected chi connectivity index (χ0v) is 14.9. The normalized spacial score (nSPS) is 11.0. The first kappa shape index (κ1) is 16.3. The monoisotopic (exact) mass is 344 g/mol. The van der Waals surface area contributed by atoms with E-state index in [4.69, 9.17) is 9.84 Å². The summed E-state index contributed by atoms with van der Waals surface area (Å²) in [4.78, 5) is 9.00. The molecule has 0 amide bonds. The summed E-state index contributed by atoms with van der Waals surface area (Å²) in [7, 11) is 0. The molecule has 130 valence electrons. The topological polar surface area (TPSA) is 52.8 Å². The highest BCUT2D eigenvalue weighted by atomic mass is 16.5. The number of hydrogen-bond acceptors (Lipinski definition) is 4. The maximum absolute atomic E-state index is 5.60. The molecular formula is C21H20N4O. The molecule has 4 aromatic rings. The largest absolute Gasteiger partial charge is 0.494 e. The molecule has 0 aliphatic rings. The lowest BCUT2D eigenvalue weighted by Crippen LogP contribution is -1.94. The van der Waals surface area contributed by atoms with Gasteiger partial charge in [0.1, 0.15) is 17.8 Å². The predicted molar refractivity (Wildman–Crippen MR) is 103 cm³/mol. The Labute approximate surface area is 152 Å². The molecule has 0 bridgehead atoms. The van der Waals surface area contributed by atoms with Gasteiger partial charge in [-0.2, -0.15) is 5.10 Å². The molecule has 0 spiro atoms. The molecule has 0 atom stereocenters. The number of benzene rings is 2. The molecule has 2 aromatic heterocycles. The number of ether oxygens (including phenoxy) is 1. The number of hydrogen-bond donors (Lipinski definition) is 0. The fraction of sp³-hybridized carbons (Fsp3) is 0.190. The van der Waals surface area contributed by atoms with E-state index < -0.39 is 0 Å². The third kappa shape index (κ3) is 2.92. The van der Waals surface area contributed by atoms with E-state index in [0.717, 1.165) is 45.7 Å². The van der Waals surface area contributed by atoms with Gasteiger partial charge in [-0.3, -0.25) is 4.68 Å². The SMILES string of the molecule is CCOc1ccc2c(-c3cn(CC)nc3-c3ccccc3)ncnc2c1. The van der Waals surface area contributed by atoms with Gasteiger partial charge in [-0.25, -0.2) is 9.97 Å². The van der Waals surface area contributed by atoms with E-state index in [1.165, 1.54) is 0 Å². The van der Waals surface area contributed by atoms with E-state index in [9.17, 15) is 0 Å². The minimum absolute atomic E-state index is 0.630. The Kier molecular flexibility index (Phi) is 4.35. The first-order chi connectivity index (χ1) is 12.8. The fourth-order valence-corrected chi connectivity index (χ4v) is 3.07. The van der Waals surface area contributed by atoms with Crippen LogP contribution >= 0.6 is 0 Å². The summed E-state index contributed by atoms with van der Waals surface area (Å²) in [6.07, 6.45) is 3.66. The van der Waals surface area contributed by atoms with E-state index in [2.05, 4.69) is 35.2 Å². The Morgan fingerprint density at radius 2 is 1.81 bits per heavy atom. The maximum atomic E-state index is 5.60. The van der Waals surface area contributed by atoms with Gasteiger partial charge in [0.2, 0.25) is 0 Å². The van der Waals surface area contributed by atoms with Crippen LogP contribution < -0.4 is 4.74 Å². The van der Waals surface area contributed by atoms with Gasteiger partial charge in [-0.05, 0) is 26.0 Å². The van der Waals surface area contributed by atoms with Gasteiger partial charge < -0.3 is 4.74 Å². The number of fused-ring (bicyclic) bond motifs is 1. The van der Waals surface area contributed by atoms with Crippen molar-refractivity contribution in [3.63, 3.8) is 0 Å². The van der Waals surface area contributed by atoms with Crippen molar-refractivity contribution in [1.82, 2.24) is 19.7 Å². The van der Waals surface area contributed by atoms with Crippen LogP contribution in [-0.4, -0.2) is 26.4 Å². The van der Waals surface area contributed by atoms with E-state index >= 15 is 0 Å². The Morgan fingerprint density at radius 3 is 2.58 bits per heavy atom. The highest BCUT2D eigenvalue weighted by Gasteiger charge is 2.16.